The van der Waals surface area contributed by atoms with Gasteiger partial charge in [0.1, 0.15) is 0 Å². The summed E-state index contributed by atoms with van der Waals surface area (Å²) in [5.41, 5.74) is 5.30. The summed E-state index contributed by atoms with van der Waals surface area (Å²) >= 11 is 1.52. The van der Waals surface area contributed by atoms with Gasteiger partial charge in [0.25, 0.3) is 0 Å². The minimum absolute atomic E-state index is 0.724. The van der Waals surface area contributed by atoms with Gasteiger partial charge in [-0.05, 0) is 30.6 Å². The van der Waals surface area contributed by atoms with Crippen LogP contribution in [0.4, 0.5) is 0 Å². The van der Waals surface area contributed by atoms with Gasteiger partial charge in [-0.15, -0.1) is 0 Å². The summed E-state index contributed by atoms with van der Waals surface area (Å²) in [4.78, 5) is 1.27. The van der Waals surface area contributed by atoms with Crippen LogP contribution >= 0.6 is 11.5 Å². The first-order valence-corrected chi connectivity index (χ1v) is 3.30. The fraction of sp³-hybridized carbons (Fsp3) is 0.400. The largest absolute Gasteiger partial charge is 0.330 e. The van der Waals surface area contributed by atoms with Crippen LogP contribution in [0.1, 0.15) is 4.88 Å². The molecule has 0 aliphatic heterocycles. The monoisotopic (exact) mass is 128 g/mol. The Morgan fingerprint density at radius 3 is 3.12 bits per heavy atom. The molecule has 3 heteroatoms. The molecule has 0 saturated heterocycles. The summed E-state index contributed by atoms with van der Waals surface area (Å²) in [6.45, 7) is 0.724. The van der Waals surface area contributed by atoms with Crippen molar-refractivity contribution < 1.29 is 0 Å². The summed E-state index contributed by atoms with van der Waals surface area (Å²) in [7, 11) is 0. The fourth-order valence-electron chi connectivity index (χ4n) is 0.513. The number of nitrogens with two attached hydrogens (primary N) is 1. The van der Waals surface area contributed by atoms with Gasteiger partial charge in [-0.3, -0.25) is 0 Å². The van der Waals surface area contributed by atoms with Crippen molar-refractivity contribution in [2.75, 3.05) is 6.54 Å². The topological polar surface area (TPSA) is 38.9 Å². The zero-order valence-electron chi connectivity index (χ0n) is 4.50. The molecule has 1 heterocycles. The number of hydrogen-bond donors (Lipinski definition) is 1. The predicted octanol–water partition coefficient (Wildman–Crippen LogP) is 0.644. The average Bonchev–Trinajstić information content (AvgIpc) is 2.19. The van der Waals surface area contributed by atoms with Crippen LogP contribution in [0.25, 0.3) is 0 Å². The number of aromatic nitrogens is 1. The maximum absolute atomic E-state index is 5.30. The Morgan fingerprint density at radius 1 is 1.75 bits per heavy atom. The molecule has 0 atom stereocenters. The third-order valence-corrected chi connectivity index (χ3v) is 1.68. The predicted molar refractivity (Wildman–Crippen MR) is 34.9 cm³/mol. The molecule has 0 aliphatic carbocycles. The van der Waals surface area contributed by atoms with Crippen LogP contribution in [0.3, 0.4) is 0 Å². The smallest absolute Gasteiger partial charge is 0.0409 e. The molecule has 8 heavy (non-hydrogen) atoms. The summed E-state index contributed by atoms with van der Waals surface area (Å²) < 4.78 is 3.93. The summed E-state index contributed by atoms with van der Waals surface area (Å²) in [5.74, 6) is 0. The van der Waals surface area contributed by atoms with E-state index in [1.807, 2.05) is 6.07 Å². The third-order valence-electron chi connectivity index (χ3n) is 0.882. The maximum Gasteiger partial charge on any atom is 0.0409 e. The lowest BCUT2D eigenvalue weighted by Crippen LogP contribution is -2.00. The highest BCUT2D eigenvalue weighted by atomic mass is 32.1. The molecule has 0 saturated carbocycles. The molecule has 0 aliphatic rings. The van der Waals surface area contributed by atoms with Gasteiger partial charge in [-0.1, -0.05) is 0 Å². The molecule has 0 bridgehead atoms. The molecule has 0 amide bonds. The summed E-state index contributed by atoms with van der Waals surface area (Å²) in [5, 5.41) is 0. The van der Waals surface area contributed by atoms with Crippen LogP contribution in [0.2, 0.25) is 0 Å². The molecule has 44 valence electrons. The lowest BCUT2D eigenvalue weighted by atomic mass is 10.4. The van der Waals surface area contributed by atoms with Crippen molar-refractivity contribution in [3.05, 3.63) is 17.1 Å². The van der Waals surface area contributed by atoms with Crippen molar-refractivity contribution in [3.63, 3.8) is 0 Å². The minimum Gasteiger partial charge on any atom is -0.330 e. The van der Waals surface area contributed by atoms with Gasteiger partial charge in [0.2, 0.25) is 0 Å². The first-order valence-electron chi connectivity index (χ1n) is 2.53. The molecule has 1 rings (SSSR count). The van der Waals surface area contributed by atoms with Crippen molar-refractivity contribution in [2.24, 2.45) is 5.73 Å². The molecule has 2 N–H and O–H groups in total. The zero-order valence-corrected chi connectivity index (χ0v) is 5.32. The molecular weight excluding hydrogens is 120 g/mol. The molecule has 0 unspecified atom stereocenters. The van der Waals surface area contributed by atoms with E-state index >= 15 is 0 Å². The van der Waals surface area contributed by atoms with E-state index < -0.39 is 0 Å². The van der Waals surface area contributed by atoms with Crippen LogP contribution in [-0.4, -0.2) is 10.9 Å². The van der Waals surface area contributed by atoms with Gasteiger partial charge < -0.3 is 5.73 Å². The van der Waals surface area contributed by atoms with E-state index in [-0.39, 0.29) is 0 Å². The molecule has 1 aromatic rings. The highest BCUT2D eigenvalue weighted by molar-refractivity contribution is 7.05. The first kappa shape index (κ1) is 5.72. The van der Waals surface area contributed by atoms with Crippen molar-refractivity contribution in [2.45, 2.75) is 6.42 Å². The SMILES string of the molecule is NCCc1ccns1. The quantitative estimate of drug-likeness (QED) is 0.635. The molecule has 0 fully saturated rings. The fourth-order valence-corrected chi connectivity index (χ4v) is 1.10. The lowest BCUT2D eigenvalue weighted by molar-refractivity contribution is 0.989. The van der Waals surface area contributed by atoms with E-state index in [4.69, 9.17) is 5.73 Å². The number of nitrogens with zero attached hydrogens (tertiary/aromatic N) is 1. The Balaban J connectivity index is 2.50. The second kappa shape index (κ2) is 2.79. The molecule has 0 aromatic carbocycles. The van der Waals surface area contributed by atoms with Crippen LogP contribution in [0, 0.1) is 0 Å². The molecule has 0 spiro atoms. The van der Waals surface area contributed by atoms with E-state index in [0.717, 1.165) is 13.0 Å². The average molecular weight is 128 g/mol. The second-order valence-electron chi connectivity index (χ2n) is 1.52. The van der Waals surface area contributed by atoms with Gasteiger partial charge in [0.05, 0.1) is 0 Å². The minimum atomic E-state index is 0.724. The van der Waals surface area contributed by atoms with E-state index in [1.54, 1.807) is 6.20 Å². The van der Waals surface area contributed by atoms with Gasteiger partial charge in [-0.25, -0.2) is 4.37 Å². The number of rotatable bonds is 2. The molecule has 0 radical (unpaired) electrons. The highest BCUT2D eigenvalue weighted by Gasteiger charge is 1.88. The van der Waals surface area contributed by atoms with Gasteiger partial charge >= 0.3 is 0 Å². The van der Waals surface area contributed by atoms with Crippen LogP contribution < -0.4 is 5.73 Å². The highest BCUT2D eigenvalue weighted by Crippen LogP contribution is 2.02. The summed E-state index contributed by atoms with van der Waals surface area (Å²) in [6.07, 6.45) is 2.76. The van der Waals surface area contributed by atoms with Crippen molar-refractivity contribution in [1.82, 2.24) is 4.37 Å². The third kappa shape index (κ3) is 1.28. The Kier molecular flexibility index (Phi) is 2.00. The Hall–Kier alpha value is -0.410. The number of hydrogen-bond acceptors (Lipinski definition) is 3. The van der Waals surface area contributed by atoms with Gasteiger partial charge in [0, 0.05) is 11.1 Å². The van der Waals surface area contributed by atoms with Crippen LogP contribution in [-0.2, 0) is 6.42 Å². The Morgan fingerprint density at radius 2 is 2.62 bits per heavy atom. The zero-order chi connectivity index (χ0) is 5.82. The van der Waals surface area contributed by atoms with E-state index in [2.05, 4.69) is 4.37 Å². The normalized spacial score (nSPS) is 9.62. The second-order valence-corrected chi connectivity index (χ2v) is 2.44. The standard InChI is InChI=1S/C5H8N2S/c6-3-1-5-2-4-7-8-5/h2,4H,1,3,6H2. The maximum atomic E-state index is 5.30. The summed E-state index contributed by atoms with van der Waals surface area (Å²) in [6, 6.07) is 2.00. The van der Waals surface area contributed by atoms with E-state index in [9.17, 15) is 0 Å². The Labute approximate surface area is 52.5 Å². The van der Waals surface area contributed by atoms with E-state index in [1.165, 1.54) is 16.4 Å². The van der Waals surface area contributed by atoms with Crippen molar-refractivity contribution in [3.8, 4) is 0 Å². The van der Waals surface area contributed by atoms with Gasteiger partial charge in [-0.2, -0.15) is 0 Å². The van der Waals surface area contributed by atoms with Crippen molar-refractivity contribution in [1.29, 1.82) is 0 Å². The van der Waals surface area contributed by atoms with Crippen LogP contribution in [0.15, 0.2) is 12.3 Å². The molecule has 1 aromatic heterocycles. The van der Waals surface area contributed by atoms with E-state index in [0.29, 0.717) is 0 Å². The molecule has 2 nitrogen and oxygen atoms in total. The van der Waals surface area contributed by atoms with Crippen LogP contribution in [0.5, 0.6) is 0 Å². The lowest BCUT2D eigenvalue weighted by Gasteiger charge is -1.84. The first-order chi connectivity index (χ1) is 3.93. The van der Waals surface area contributed by atoms with Crippen molar-refractivity contribution >= 4 is 11.5 Å². The van der Waals surface area contributed by atoms with Gasteiger partial charge in [0.15, 0.2) is 0 Å². The molecular formula is C5H8N2S. The Bertz CT molecular complexity index is 136.